The zero-order chi connectivity index (χ0) is 11.8. The van der Waals surface area contributed by atoms with Crippen molar-refractivity contribution in [1.29, 1.82) is 0 Å². The molecule has 0 aliphatic rings. The van der Waals surface area contributed by atoms with Crippen LogP contribution in [-0.2, 0) is 13.5 Å². The number of nitrogens with one attached hydrogen (secondary N) is 1. The van der Waals surface area contributed by atoms with E-state index >= 15 is 0 Å². The van der Waals surface area contributed by atoms with Crippen molar-refractivity contribution < 1.29 is 0 Å². The van der Waals surface area contributed by atoms with Gasteiger partial charge in [0.05, 0.1) is 0 Å². The summed E-state index contributed by atoms with van der Waals surface area (Å²) in [5.41, 5.74) is 0. The van der Waals surface area contributed by atoms with E-state index in [0.717, 1.165) is 18.8 Å². The van der Waals surface area contributed by atoms with Crippen LogP contribution in [0.1, 0.15) is 45.4 Å². The first kappa shape index (κ1) is 13.2. The Balaban J connectivity index is 2.24. The zero-order valence-electron chi connectivity index (χ0n) is 10.7. The van der Waals surface area contributed by atoms with Crippen molar-refractivity contribution in [3.63, 3.8) is 0 Å². The summed E-state index contributed by atoms with van der Waals surface area (Å²) in [6, 6.07) is 0.670. The highest BCUT2D eigenvalue weighted by Gasteiger charge is 2.06. The fourth-order valence-corrected chi connectivity index (χ4v) is 1.97. The van der Waals surface area contributed by atoms with Gasteiger partial charge >= 0.3 is 0 Å². The van der Waals surface area contributed by atoms with Crippen LogP contribution < -0.4 is 5.32 Å². The summed E-state index contributed by atoms with van der Waals surface area (Å²) in [5.74, 6) is 1.05. The SMILES string of the molecule is CCCC(CCC)NCCc1nncn1C. The van der Waals surface area contributed by atoms with Crippen LogP contribution in [0, 0.1) is 0 Å². The molecule has 1 aromatic heterocycles. The molecule has 4 nitrogen and oxygen atoms in total. The predicted octanol–water partition coefficient (Wildman–Crippen LogP) is 1.92. The van der Waals surface area contributed by atoms with Gasteiger partial charge in [-0.25, -0.2) is 0 Å². The van der Waals surface area contributed by atoms with Crippen molar-refractivity contribution in [1.82, 2.24) is 20.1 Å². The lowest BCUT2D eigenvalue weighted by Crippen LogP contribution is -2.31. The Bertz CT molecular complexity index is 276. The highest BCUT2D eigenvalue weighted by molar-refractivity contribution is 4.85. The van der Waals surface area contributed by atoms with Crippen LogP contribution in [0.5, 0.6) is 0 Å². The lowest BCUT2D eigenvalue weighted by atomic mass is 10.1. The van der Waals surface area contributed by atoms with Crippen molar-refractivity contribution in [2.75, 3.05) is 6.54 Å². The van der Waals surface area contributed by atoms with Crippen LogP contribution in [0.3, 0.4) is 0 Å². The van der Waals surface area contributed by atoms with Crippen molar-refractivity contribution >= 4 is 0 Å². The Labute approximate surface area is 98.5 Å². The molecule has 0 bridgehead atoms. The van der Waals surface area contributed by atoms with Crippen molar-refractivity contribution in [2.45, 2.75) is 52.0 Å². The quantitative estimate of drug-likeness (QED) is 0.733. The maximum absolute atomic E-state index is 4.08. The Morgan fingerprint density at radius 3 is 2.50 bits per heavy atom. The van der Waals surface area contributed by atoms with Gasteiger partial charge in [0, 0.05) is 26.1 Å². The molecule has 0 atom stereocenters. The van der Waals surface area contributed by atoms with Gasteiger partial charge in [-0.05, 0) is 12.8 Å². The molecule has 0 saturated carbocycles. The van der Waals surface area contributed by atoms with Crippen LogP contribution in [-0.4, -0.2) is 27.4 Å². The van der Waals surface area contributed by atoms with E-state index in [1.165, 1.54) is 25.7 Å². The zero-order valence-corrected chi connectivity index (χ0v) is 10.7. The Hall–Kier alpha value is -0.900. The number of hydrogen-bond acceptors (Lipinski definition) is 3. The van der Waals surface area contributed by atoms with E-state index in [1.54, 1.807) is 6.33 Å². The van der Waals surface area contributed by atoms with Crippen LogP contribution in [0.4, 0.5) is 0 Å². The minimum Gasteiger partial charge on any atom is -0.321 e. The Morgan fingerprint density at radius 1 is 1.31 bits per heavy atom. The molecule has 0 aliphatic heterocycles. The smallest absolute Gasteiger partial charge is 0.133 e. The maximum Gasteiger partial charge on any atom is 0.133 e. The molecule has 0 saturated heterocycles. The van der Waals surface area contributed by atoms with Gasteiger partial charge in [-0.15, -0.1) is 10.2 Å². The summed E-state index contributed by atoms with van der Waals surface area (Å²) in [6.07, 6.45) is 7.76. The number of aryl methyl sites for hydroxylation is 1. The molecule has 1 N–H and O–H groups in total. The monoisotopic (exact) mass is 224 g/mol. The predicted molar refractivity (Wildman–Crippen MR) is 66.3 cm³/mol. The molecule has 92 valence electrons. The highest BCUT2D eigenvalue weighted by atomic mass is 15.2. The fourth-order valence-electron chi connectivity index (χ4n) is 1.97. The third kappa shape index (κ3) is 4.31. The summed E-state index contributed by atoms with van der Waals surface area (Å²) in [5, 5.41) is 11.6. The van der Waals surface area contributed by atoms with Gasteiger partial charge in [0.2, 0.25) is 0 Å². The molecule has 0 unspecified atom stereocenters. The number of rotatable bonds is 8. The molecule has 0 aliphatic carbocycles. The number of aromatic nitrogens is 3. The standard InChI is InChI=1S/C12H24N4/c1-4-6-11(7-5-2)13-9-8-12-15-14-10-16(12)3/h10-11,13H,4-9H2,1-3H3. The summed E-state index contributed by atoms with van der Waals surface area (Å²) in [6.45, 7) is 5.48. The molecular formula is C12H24N4. The highest BCUT2D eigenvalue weighted by Crippen LogP contribution is 2.04. The maximum atomic E-state index is 4.08. The molecule has 0 amide bonds. The third-order valence-corrected chi connectivity index (χ3v) is 2.86. The first-order valence-corrected chi connectivity index (χ1v) is 6.34. The molecule has 1 heterocycles. The molecule has 1 aromatic rings. The first-order valence-electron chi connectivity index (χ1n) is 6.34. The van der Waals surface area contributed by atoms with E-state index < -0.39 is 0 Å². The largest absolute Gasteiger partial charge is 0.321 e. The molecule has 0 fully saturated rings. The summed E-state index contributed by atoms with van der Waals surface area (Å²) < 4.78 is 1.98. The van der Waals surface area contributed by atoms with Crippen LogP contribution in [0.25, 0.3) is 0 Å². The third-order valence-electron chi connectivity index (χ3n) is 2.86. The average Bonchev–Trinajstić information content (AvgIpc) is 2.65. The molecule has 4 heteroatoms. The van der Waals surface area contributed by atoms with Gasteiger partial charge in [-0.1, -0.05) is 26.7 Å². The van der Waals surface area contributed by atoms with E-state index in [4.69, 9.17) is 0 Å². The van der Waals surface area contributed by atoms with E-state index in [2.05, 4.69) is 29.4 Å². The summed E-state index contributed by atoms with van der Waals surface area (Å²) in [7, 11) is 1.99. The van der Waals surface area contributed by atoms with Gasteiger partial charge in [-0.2, -0.15) is 0 Å². The normalized spacial score (nSPS) is 11.2. The summed E-state index contributed by atoms with van der Waals surface area (Å²) >= 11 is 0. The minimum atomic E-state index is 0.670. The van der Waals surface area contributed by atoms with Gasteiger partial charge < -0.3 is 9.88 Å². The first-order chi connectivity index (χ1) is 7.77. The van der Waals surface area contributed by atoms with Gasteiger partial charge in [0.15, 0.2) is 0 Å². The molecule has 1 rings (SSSR count). The van der Waals surface area contributed by atoms with Crippen LogP contribution in [0.2, 0.25) is 0 Å². The Morgan fingerprint density at radius 2 is 2.00 bits per heavy atom. The van der Waals surface area contributed by atoms with Crippen LogP contribution >= 0.6 is 0 Å². The Kier molecular flexibility index (Phi) is 6.08. The van der Waals surface area contributed by atoms with Crippen molar-refractivity contribution in [2.24, 2.45) is 7.05 Å². The van der Waals surface area contributed by atoms with Crippen LogP contribution in [0.15, 0.2) is 6.33 Å². The van der Waals surface area contributed by atoms with E-state index in [0.29, 0.717) is 6.04 Å². The topological polar surface area (TPSA) is 42.7 Å². The fraction of sp³-hybridized carbons (Fsp3) is 0.833. The second-order valence-electron chi connectivity index (χ2n) is 4.34. The second-order valence-corrected chi connectivity index (χ2v) is 4.34. The summed E-state index contributed by atoms with van der Waals surface area (Å²) in [4.78, 5) is 0. The number of hydrogen-bond donors (Lipinski definition) is 1. The lowest BCUT2D eigenvalue weighted by molar-refractivity contribution is 0.444. The van der Waals surface area contributed by atoms with Crippen molar-refractivity contribution in [3.05, 3.63) is 12.2 Å². The second kappa shape index (κ2) is 7.39. The van der Waals surface area contributed by atoms with E-state index in [1.807, 2.05) is 11.6 Å². The molecular weight excluding hydrogens is 200 g/mol. The van der Waals surface area contributed by atoms with E-state index in [9.17, 15) is 0 Å². The lowest BCUT2D eigenvalue weighted by Gasteiger charge is -2.16. The molecule has 16 heavy (non-hydrogen) atoms. The molecule has 0 spiro atoms. The van der Waals surface area contributed by atoms with Gasteiger partial charge in [-0.3, -0.25) is 0 Å². The van der Waals surface area contributed by atoms with E-state index in [-0.39, 0.29) is 0 Å². The number of nitrogens with zero attached hydrogens (tertiary/aromatic N) is 3. The average molecular weight is 224 g/mol. The molecule has 0 aromatic carbocycles. The van der Waals surface area contributed by atoms with Gasteiger partial charge in [0.1, 0.15) is 12.2 Å². The molecule has 0 radical (unpaired) electrons. The van der Waals surface area contributed by atoms with Crippen molar-refractivity contribution in [3.8, 4) is 0 Å². The minimum absolute atomic E-state index is 0.670. The van der Waals surface area contributed by atoms with Gasteiger partial charge in [0.25, 0.3) is 0 Å².